The molecule has 0 N–H and O–H groups in total. The van der Waals surface area contributed by atoms with E-state index in [-0.39, 0.29) is 6.29 Å². The Morgan fingerprint density at radius 1 is 1.67 bits per heavy atom. The van der Waals surface area contributed by atoms with Gasteiger partial charge in [0.2, 0.25) is 12.6 Å². The quantitative estimate of drug-likeness (QED) is 0.354. The number of carbonyl (C=O) groups is 2. The third kappa shape index (κ3) is 3.23. The van der Waals surface area contributed by atoms with Gasteiger partial charge >= 0.3 is 5.97 Å². The van der Waals surface area contributed by atoms with Crippen molar-refractivity contribution in [1.82, 2.24) is 0 Å². The highest BCUT2D eigenvalue weighted by Gasteiger charge is 2.16. The molecular weight excluding hydrogens is 180 g/mol. The van der Waals surface area contributed by atoms with Crippen LogP contribution in [0.5, 0.6) is 0 Å². The summed E-state index contributed by atoms with van der Waals surface area (Å²) in [5.41, 5.74) is 0. The van der Waals surface area contributed by atoms with Gasteiger partial charge in [0.15, 0.2) is 0 Å². The molecule has 1 rings (SSSR count). The minimum atomic E-state index is -0.859. The zero-order chi connectivity index (χ0) is 8.81. The van der Waals surface area contributed by atoms with E-state index in [0.717, 1.165) is 12.2 Å². The van der Waals surface area contributed by atoms with Gasteiger partial charge in [-0.25, -0.2) is 4.79 Å². The first-order valence-corrected chi connectivity index (χ1v) is 4.83. The van der Waals surface area contributed by atoms with Gasteiger partial charge in [-0.15, -0.1) is 0 Å². The van der Waals surface area contributed by atoms with Gasteiger partial charge < -0.3 is 9.47 Å². The normalized spacial score (nSPS) is 24.2. The maximum absolute atomic E-state index is 10.5. The lowest BCUT2D eigenvalue weighted by atomic mass is 10.5. The molecule has 0 amide bonds. The zero-order valence-electron chi connectivity index (χ0n) is 6.52. The van der Waals surface area contributed by atoms with Gasteiger partial charge in [0, 0.05) is 0 Å². The molecule has 1 heterocycles. The fraction of sp³-hybridized carbons (Fsp3) is 0.714. The van der Waals surface area contributed by atoms with E-state index >= 15 is 0 Å². The fourth-order valence-electron chi connectivity index (χ4n) is 0.829. The Balaban J connectivity index is 2.29. The van der Waals surface area contributed by atoms with Crippen molar-refractivity contribution >= 4 is 24.0 Å². The Kier molecular flexibility index (Phi) is 4.10. The van der Waals surface area contributed by atoms with Crippen molar-refractivity contribution in [1.29, 1.82) is 0 Å². The number of esters is 1. The molecule has 68 valence electrons. The molecule has 1 aliphatic rings. The van der Waals surface area contributed by atoms with E-state index in [0.29, 0.717) is 12.4 Å². The molecule has 0 aliphatic carbocycles. The van der Waals surface area contributed by atoms with Crippen LogP contribution >= 0.6 is 11.8 Å². The molecule has 0 spiro atoms. The van der Waals surface area contributed by atoms with Crippen LogP contribution in [0.25, 0.3) is 0 Å². The average molecular weight is 190 g/mol. The molecule has 1 atom stereocenters. The first kappa shape index (κ1) is 9.54. The van der Waals surface area contributed by atoms with Crippen LogP contribution in [0.1, 0.15) is 6.42 Å². The zero-order valence-corrected chi connectivity index (χ0v) is 7.34. The highest BCUT2D eigenvalue weighted by molar-refractivity contribution is 7.99. The number of carbonyl (C=O) groups excluding carboxylic acids is 2. The molecule has 0 saturated carbocycles. The van der Waals surface area contributed by atoms with Gasteiger partial charge in [0.25, 0.3) is 0 Å². The van der Waals surface area contributed by atoms with E-state index in [1.165, 1.54) is 0 Å². The van der Waals surface area contributed by atoms with Crippen LogP contribution in [-0.2, 0) is 19.1 Å². The molecular formula is C7H10O4S. The lowest BCUT2D eigenvalue weighted by Crippen LogP contribution is -2.23. The van der Waals surface area contributed by atoms with Crippen molar-refractivity contribution in [3.63, 3.8) is 0 Å². The number of hydrogen-bond donors (Lipinski definition) is 0. The van der Waals surface area contributed by atoms with Crippen LogP contribution in [-0.4, -0.2) is 36.7 Å². The standard InChI is InChI=1S/C7H10O4S/c8-4-6(9)11-7-5-12-3-1-2-10-7/h4,7H,1-3,5H2. The van der Waals surface area contributed by atoms with Crippen LogP contribution in [0, 0.1) is 0 Å². The predicted octanol–water partition coefficient (Wildman–Crippen LogP) is 0.208. The van der Waals surface area contributed by atoms with Gasteiger partial charge in [-0.2, -0.15) is 11.8 Å². The fourth-order valence-corrected chi connectivity index (χ4v) is 1.67. The number of hydrogen-bond acceptors (Lipinski definition) is 5. The van der Waals surface area contributed by atoms with Gasteiger partial charge in [0.1, 0.15) is 0 Å². The van der Waals surface area contributed by atoms with Crippen molar-refractivity contribution in [2.24, 2.45) is 0 Å². The largest absolute Gasteiger partial charge is 0.429 e. The van der Waals surface area contributed by atoms with Crippen LogP contribution in [0.15, 0.2) is 0 Å². The van der Waals surface area contributed by atoms with Crippen LogP contribution in [0.2, 0.25) is 0 Å². The summed E-state index contributed by atoms with van der Waals surface area (Å²) in [5, 5.41) is 0. The molecule has 4 nitrogen and oxygen atoms in total. The minimum absolute atomic E-state index is 0.152. The third-order valence-electron chi connectivity index (χ3n) is 1.33. The maximum Gasteiger partial charge on any atom is 0.373 e. The highest BCUT2D eigenvalue weighted by Crippen LogP contribution is 2.13. The smallest absolute Gasteiger partial charge is 0.373 e. The Bertz CT molecular complexity index is 163. The summed E-state index contributed by atoms with van der Waals surface area (Å²) in [7, 11) is 0. The number of aldehydes is 1. The second kappa shape index (κ2) is 5.16. The maximum atomic E-state index is 10.5. The molecule has 1 saturated heterocycles. The number of ether oxygens (including phenoxy) is 2. The van der Waals surface area contributed by atoms with Crippen molar-refractivity contribution in [3.8, 4) is 0 Å². The van der Waals surface area contributed by atoms with E-state index in [1.807, 2.05) is 0 Å². The summed E-state index contributed by atoms with van der Waals surface area (Å²) in [6, 6.07) is 0. The predicted molar refractivity (Wildman–Crippen MR) is 43.8 cm³/mol. The highest BCUT2D eigenvalue weighted by atomic mass is 32.2. The monoisotopic (exact) mass is 190 g/mol. The summed E-state index contributed by atoms with van der Waals surface area (Å²) < 4.78 is 9.82. The summed E-state index contributed by atoms with van der Waals surface area (Å²) in [6.45, 7) is 0.587. The molecule has 5 heteroatoms. The minimum Gasteiger partial charge on any atom is -0.429 e. The molecule has 1 fully saturated rings. The molecule has 0 bridgehead atoms. The molecule has 0 aromatic carbocycles. The topological polar surface area (TPSA) is 52.6 Å². The van der Waals surface area contributed by atoms with Gasteiger partial charge in [-0.05, 0) is 12.2 Å². The molecule has 0 aromatic heterocycles. The second-order valence-corrected chi connectivity index (χ2v) is 3.43. The summed E-state index contributed by atoms with van der Waals surface area (Å²) in [6.07, 6.45) is 0.564. The van der Waals surface area contributed by atoms with Gasteiger partial charge in [0.05, 0.1) is 12.4 Å². The van der Waals surface area contributed by atoms with Gasteiger partial charge in [-0.3, -0.25) is 4.79 Å². The van der Waals surface area contributed by atoms with Crippen molar-refractivity contribution < 1.29 is 19.1 Å². The Morgan fingerprint density at radius 2 is 2.50 bits per heavy atom. The average Bonchev–Trinajstić information content (AvgIpc) is 2.33. The van der Waals surface area contributed by atoms with Crippen LogP contribution in [0.3, 0.4) is 0 Å². The van der Waals surface area contributed by atoms with E-state index in [1.54, 1.807) is 11.8 Å². The Morgan fingerprint density at radius 3 is 3.25 bits per heavy atom. The van der Waals surface area contributed by atoms with E-state index in [4.69, 9.17) is 4.74 Å². The summed E-state index contributed by atoms with van der Waals surface area (Å²) in [5.74, 6) is 0.761. The summed E-state index contributed by atoms with van der Waals surface area (Å²) >= 11 is 1.66. The van der Waals surface area contributed by atoms with Gasteiger partial charge in [-0.1, -0.05) is 0 Å². The first-order chi connectivity index (χ1) is 5.83. The van der Waals surface area contributed by atoms with Crippen LogP contribution < -0.4 is 0 Å². The van der Waals surface area contributed by atoms with Crippen molar-refractivity contribution in [2.75, 3.05) is 18.1 Å². The summed E-state index contributed by atoms with van der Waals surface area (Å²) in [4.78, 5) is 20.4. The van der Waals surface area contributed by atoms with E-state index < -0.39 is 12.3 Å². The van der Waals surface area contributed by atoms with Crippen molar-refractivity contribution in [3.05, 3.63) is 0 Å². The first-order valence-electron chi connectivity index (χ1n) is 3.68. The number of thioether (sulfide) groups is 1. The van der Waals surface area contributed by atoms with E-state index in [9.17, 15) is 9.59 Å². The molecule has 0 radical (unpaired) electrons. The third-order valence-corrected chi connectivity index (χ3v) is 2.42. The molecule has 0 aromatic rings. The molecule has 12 heavy (non-hydrogen) atoms. The number of rotatable bonds is 2. The Labute approximate surface area is 74.6 Å². The Hall–Kier alpha value is -0.550. The molecule has 1 aliphatic heterocycles. The second-order valence-electron chi connectivity index (χ2n) is 2.28. The SMILES string of the molecule is O=CC(=O)OC1CSCCCO1. The molecule has 1 unspecified atom stereocenters. The van der Waals surface area contributed by atoms with Crippen molar-refractivity contribution in [2.45, 2.75) is 12.7 Å². The lowest BCUT2D eigenvalue weighted by molar-refractivity contribution is -0.173. The lowest BCUT2D eigenvalue weighted by Gasteiger charge is -2.12. The van der Waals surface area contributed by atoms with Crippen LogP contribution in [0.4, 0.5) is 0 Å². The van der Waals surface area contributed by atoms with E-state index in [2.05, 4.69) is 4.74 Å².